The molecule has 1 nitrogen and oxygen atoms in total. The largest absolute Gasteiger partial charge is 0.321 e. The van der Waals surface area contributed by atoms with Crippen LogP contribution in [-0.4, -0.2) is 0 Å². The molecule has 1 aromatic rings. The monoisotopic (exact) mass is 185 g/mol. The molecule has 0 aliphatic heterocycles. The molecule has 1 aliphatic carbocycles. The summed E-state index contributed by atoms with van der Waals surface area (Å²) in [6.45, 7) is 0. The lowest BCUT2D eigenvalue weighted by Gasteiger charge is -2.08. The van der Waals surface area contributed by atoms with E-state index in [9.17, 15) is 4.39 Å². The zero-order valence-electron chi connectivity index (χ0n) is 6.48. The van der Waals surface area contributed by atoms with Gasteiger partial charge in [-0.2, -0.15) is 0 Å². The van der Waals surface area contributed by atoms with Gasteiger partial charge in [0.1, 0.15) is 5.82 Å². The number of rotatable bonds is 1. The van der Waals surface area contributed by atoms with Crippen molar-refractivity contribution >= 4 is 11.6 Å². The molecule has 64 valence electrons. The zero-order valence-corrected chi connectivity index (χ0v) is 7.24. The van der Waals surface area contributed by atoms with Crippen LogP contribution in [0.15, 0.2) is 18.2 Å². The Morgan fingerprint density at radius 1 is 1.42 bits per heavy atom. The van der Waals surface area contributed by atoms with E-state index >= 15 is 0 Å². The maximum atomic E-state index is 12.7. The first-order valence-corrected chi connectivity index (χ1v) is 4.24. The molecule has 0 aromatic heterocycles. The quantitative estimate of drug-likeness (QED) is 0.715. The van der Waals surface area contributed by atoms with Crippen LogP contribution in [0.1, 0.15) is 18.4 Å². The summed E-state index contributed by atoms with van der Waals surface area (Å²) < 4.78 is 12.7. The summed E-state index contributed by atoms with van der Waals surface area (Å²) in [7, 11) is 0. The van der Waals surface area contributed by atoms with Crippen molar-refractivity contribution in [2.24, 2.45) is 5.73 Å². The summed E-state index contributed by atoms with van der Waals surface area (Å²) in [5.74, 6) is -0.385. The highest BCUT2D eigenvalue weighted by atomic mass is 35.5. The van der Waals surface area contributed by atoms with Crippen LogP contribution in [0.4, 0.5) is 4.39 Å². The van der Waals surface area contributed by atoms with Gasteiger partial charge in [0.15, 0.2) is 0 Å². The van der Waals surface area contributed by atoms with Crippen LogP contribution in [0, 0.1) is 5.82 Å². The van der Waals surface area contributed by atoms with Crippen LogP contribution in [0.25, 0.3) is 0 Å². The van der Waals surface area contributed by atoms with Crippen LogP contribution >= 0.6 is 11.6 Å². The third-order valence-corrected chi connectivity index (χ3v) is 2.57. The third-order valence-electron chi connectivity index (χ3n) is 2.28. The lowest BCUT2D eigenvalue weighted by molar-refractivity contribution is 0.625. The maximum Gasteiger partial charge on any atom is 0.141 e. The average Bonchev–Trinajstić information content (AvgIpc) is 2.75. The van der Waals surface area contributed by atoms with E-state index in [2.05, 4.69) is 0 Å². The fraction of sp³-hybridized carbons (Fsp3) is 0.333. The van der Waals surface area contributed by atoms with E-state index in [1.807, 2.05) is 0 Å². The average molecular weight is 186 g/mol. The second kappa shape index (κ2) is 2.44. The van der Waals surface area contributed by atoms with E-state index < -0.39 is 0 Å². The SMILES string of the molecule is NC1(c2ccc(F)c(Cl)c2)CC1. The normalized spacial score (nSPS) is 19.2. The minimum Gasteiger partial charge on any atom is -0.321 e. The number of nitrogens with two attached hydrogens (primary N) is 1. The van der Waals surface area contributed by atoms with Crippen molar-refractivity contribution in [1.29, 1.82) is 0 Å². The van der Waals surface area contributed by atoms with Gasteiger partial charge in [-0.05, 0) is 30.5 Å². The number of halogens is 2. The lowest BCUT2D eigenvalue weighted by Crippen LogP contribution is -2.18. The summed E-state index contributed by atoms with van der Waals surface area (Å²) in [6.07, 6.45) is 1.93. The minimum absolute atomic E-state index is 0.157. The van der Waals surface area contributed by atoms with E-state index in [0.717, 1.165) is 18.4 Å². The van der Waals surface area contributed by atoms with Crippen molar-refractivity contribution in [3.63, 3.8) is 0 Å². The Morgan fingerprint density at radius 2 is 2.08 bits per heavy atom. The first kappa shape index (κ1) is 8.02. The molecule has 0 atom stereocenters. The van der Waals surface area contributed by atoms with Gasteiger partial charge in [-0.3, -0.25) is 0 Å². The Kier molecular flexibility index (Phi) is 1.63. The van der Waals surface area contributed by atoms with Gasteiger partial charge >= 0.3 is 0 Å². The van der Waals surface area contributed by atoms with Crippen LogP contribution < -0.4 is 5.73 Å². The molecule has 0 saturated heterocycles. The van der Waals surface area contributed by atoms with E-state index in [1.165, 1.54) is 6.07 Å². The Balaban J connectivity index is 2.41. The Labute approximate surface area is 75.3 Å². The molecule has 0 amide bonds. The van der Waals surface area contributed by atoms with Gasteiger partial charge < -0.3 is 5.73 Å². The summed E-state index contributed by atoms with van der Waals surface area (Å²) in [5.41, 5.74) is 6.62. The van der Waals surface area contributed by atoms with E-state index in [-0.39, 0.29) is 16.4 Å². The molecule has 1 aromatic carbocycles. The van der Waals surface area contributed by atoms with Gasteiger partial charge in [0.05, 0.1) is 5.02 Å². The second-order valence-corrected chi connectivity index (χ2v) is 3.69. The highest BCUT2D eigenvalue weighted by Crippen LogP contribution is 2.43. The molecule has 0 unspecified atom stereocenters. The predicted octanol–water partition coefficient (Wildman–Crippen LogP) is 2.43. The van der Waals surface area contributed by atoms with Crippen molar-refractivity contribution in [2.75, 3.05) is 0 Å². The minimum atomic E-state index is -0.385. The van der Waals surface area contributed by atoms with Crippen LogP contribution in [0.3, 0.4) is 0 Å². The second-order valence-electron chi connectivity index (χ2n) is 3.29. The molecule has 1 aliphatic rings. The third kappa shape index (κ3) is 1.21. The number of hydrogen-bond donors (Lipinski definition) is 1. The van der Waals surface area contributed by atoms with Crippen LogP contribution in [0.2, 0.25) is 5.02 Å². The van der Waals surface area contributed by atoms with Gasteiger partial charge in [0, 0.05) is 5.54 Å². The number of benzene rings is 1. The molecule has 2 rings (SSSR count). The molecule has 0 bridgehead atoms. The van der Waals surface area contributed by atoms with Gasteiger partial charge in [0.25, 0.3) is 0 Å². The van der Waals surface area contributed by atoms with E-state index in [0.29, 0.717) is 0 Å². The van der Waals surface area contributed by atoms with Gasteiger partial charge in [-0.15, -0.1) is 0 Å². The molecular formula is C9H9ClFN. The molecule has 2 N–H and O–H groups in total. The molecule has 0 spiro atoms. The predicted molar refractivity (Wildman–Crippen MR) is 46.5 cm³/mol. The van der Waals surface area contributed by atoms with Gasteiger partial charge in [-0.25, -0.2) is 4.39 Å². The molecule has 1 saturated carbocycles. The summed E-state index contributed by atoms with van der Waals surface area (Å²) >= 11 is 5.62. The Hall–Kier alpha value is -0.600. The fourth-order valence-electron chi connectivity index (χ4n) is 1.23. The van der Waals surface area contributed by atoms with Crippen LogP contribution in [0.5, 0.6) is 0 Å². The van der Waals surface area contributed by atoms with Crippen molar-refractivity contribution < 1.29 is 4.39 Å². The molecular weight excluding hydrogens is 177 g/mol. The maximum absolute atomic E-state index is 12.7. The Morgan fingerprint density at radius 3 is 2.58 bits per heavy atom. The van der Waals surface area contributed by atoms with Crippen molar-refractivity contribution in [3.8, 4) is 0 Å². The lowest BCUT2D eigenvalue weighted by atomic mass is 10.1. The highest BCUT2D eigenvalue weighted by Gasteiger charge is 2.40. The first-order valence-electron chi connectivity index (χ1n) is 3.86. The standard InChI is InChI=1S/C9H9ClFN/c10-7-5-6(1-2-8(7)11)9(12)3-4-9/h1-2,5H,3-4,12H2. The fourth-order valence-corrected chi connectivity index (χ4v) is 1.41. The molecule has 0 radical (unpaired) electrons. The molecule has 0 heterocycles. The first-order chi connectivity index (χ1) is 5.62. The molecule has 3 heteroatoms. The van der Waals surface area contributed by atoms with Crippen LogP contribution in [-0.2, 0) is 5.54 Å². The smallest absolute Gasteiger partial charge is 0.141 e. The zero-order chi connectivity index (χ0) is 8.77. The molecule has 1 fully saturated rings. The van der Waals surface area contributed by atoms with Crippen molar-refractivity contribution in [3.05, 3.63) is 34.6 Å². The van der Waals surface area contributed by atoms with Crippen molar-refractivity contribution in [1.82, 2.24) is 0 Å². The topological polar surface area (TPSA) is 26.0 Å². The summed E-state index contributed by atoms with van der Waals surface area (Å²) in [4.78, 5) is 0. The Bertz CT molecular complexity index is 320. The summed E-state index contributed by atoms with van der Waals surface area (Å²) in [5, 5.41) is 0.157. The van der Waals surface area contributed by atoms with Crippen molar-refractivity contribution in [2.45, 2.75) is 18.4 Å². The van der Waals surface area contributed by atoms with E-state index in [4.69, 9.17) is 17.3 Å². The summed E-state index contributed by atoms with van der Waals surface area (Å²) in [6, 6.07) is 4.68. The highest BCUT2D eigenvalue weighted by molar-refractivity contribution is 6.30. The van der Waals surface area contributed by atoms with E-state index in [1.54, 1.807) is 12.1 Å². The number of hydrogen-bond acceptors (Lipinski definition) is 1. The van der Waals surface area contributed by atoms with Gasteiger partial charge in [0.2, 0.25) is 0 Å². The molecule has 12 heavy (non-hydrogen) atoms. The van der Waals surface area contributed by atoms with Gasteiger partial charge in [-0.1, -0.05) is 17.7 Å².